The van der Waals surface area contributed by atoms with E-state index in [1.54, 1.807) is 7.11 Å². The fraction of sp³-hybridized carbons (Fsp3) is 0.692. The first-order valence-electron chi connectivity index (χ1n) is 6.37. The Hall–Kier alpha value is -1.04. The molecule has 102 valence electrons. The average Bonchev–Trinajstić information content (AvgIpc) is 2.34. The number of aryl methyl sites for hydroxylation is 1. The Labute approximate surface area is 109 Å². The van der Waals surface area contributed by atoms with E-state index in [0.29, 0.717) is 13.2 Å². The number of hydrogen-bond donors (Lipinski definition) is 1. The third-order valence-corrected chi connectivity index (χ3v) is 2.32. The smallest absolute Gasteiger partial charge is 0.154 e. The van der Waals surface area contributed by atoms with Crippen LogP contribution in [0.3, 0.4) is 0 Å². The quantitative estimate of drug-likeness (QED) is 0.675. The van der Waals surface area contributed by atoms with E-state index in [2.05, 4.69) is 22.2 Å². The lowest BCUT2D eigenvalue weighted by atomic mass is 10.3. The van der Waals surface area contributed by atoms with Crippen LogP contribution < -0.4 is 5.32 Å². The minimum atomic E-state index is 0.487. The summed E-state index contributed by atoms with van der Waals surface area (Å²) in [6.07, 6.45) is 1.01. The van der Waals surface area contributed by atoms with Crippen molar-refractivity contribution in [2.24, 2.45) is 0 Å². The Morgan fingerprint density at radius 3 is 2.83 bits per heavy atom. The first-order valence-corrected chi connectivity index (χ1v) is 6.37. The highest BCUT2D eigenvalue weighted by atomic mass is 16.5. The summed E-state index contributed by atoms with van der Waals surface area (Å²) in [5.41, 5.74) is 1.97. The average molecular weight is 253 g/mol. The maximum atomic E-state index is 5.46. The van der Waals surface area contributed by atoms with Gasteiger partial charge in [0.15, 0.2) is 5.82 Å². The van der Waals surface area contributed by atoms with Gasteiger partial charge in [0.25, 0.3) is 0 Å². The Kier molecular flexibility index (Phi) is 7.48. The van der Waals surface area contributed by atoms with Gasteiger partial charge in [-0.05, 0) is 19.4 Å². The van der Waals surface area contributed by atoms with E-state index in [9.17, 15) is 0 Å². The second-order valence-corrected chi connectivity index (χ2v) is 4.14. The summed E-state index contributed by atoms with van der Waals surface area (Å²) in [5.74, 6) is 0.756. The molecule has 5 heteroatoms. The van der Waals surface area contributed by atoms with Crippen LogP contribution in [-0.4, -0.2) is 36.8 Å². The molecule has 1 aromatic rings. The van der Waals surface area contributed by atoms with E-state index in [4.69, 9.17) is 9.47 Å². The molecule has 0 aliphatic heterocycles. The molecule has 0 fully saturated rings. The molecule has 1 rings (SSSR count). The summed E-state index contributed by atoms with van der Waals surface area (Å²) in [6, 6.07) is 1.99. The second kappa shape index (κ2) is 8.97. The lowest BCUT2D eigenvalue weighted by molar-refractivity contribution is 0.115. The summed E-state index contributed by atoms with van der Waals surface area (Å²) in [4.78, 5) is 8.83. The molecule has 0 radical (unpaired) electrons. The zero-order valence-corrected chi connectivity index (χ0v) is 11.5. The molecule has 0 aliphatic rings. The number of methoxy groups -OCH3 is 1. The lowest BCUT2D eigenvalue weighted by Gasteiger charge is -2.07. The van der Waals surface area contributed by atoms with Crippen LogP contribution in [0.4, 0.5) is 0 Å². The Morgan fingerprint density at radius 1 is 1.28 bits per heavy atom. The molecule has 18 heavy (non-hydrogen) atoms. The van der Waals surface area contributed by atoms with Gasteiger partial charge in [0.1, 0.15) is 6.61 Å². The van der Waals surface area contributed by atoms with Gasteiger partial charge < -0.3 is 14.8 Å². The number of aromatic nitrogens is 2. The van der Waals surface area contributed by atoms with Crippen molar-refractivity contribution in [3.63, 3.8) is 0 Å². The Bertz CT molecular complexity index is 345. The fourth-order valence-corrected chi connectivity index (χ4v) is 1.55. The molecule has 0 amide bonds. The van der Waals surface area contributed by atoms with Crippen LogP contribution in [0.25, 0.3) is 0 Å². The predicted molar refractivity (Wildman–Crippen MR) is 70.3 cm³/mol. The highest BCUT2D eigenvalue weighted by Gasteiger charge is 2.02. The lowest BCUT2D eigenvalue weighted by Crippen LogP contribution is -2.20. The van der Waals surface area contributed by atoms with Gasteiger partial charge in [0.05, 0.1) is 12.3 Å². The van der Waals surface area contributed by atoms with Crippen molar-refractivity contribution in [3.05, 3.63) is 23.3 Å². The zero-order valence-electron chi connectivity index (χ0n) is 11.5. The Balaban J connectivity index is 2.46. The highest BCUT2D eigenvalue weighted by molar-refractivity contribution is 5.09. The molecular weight excluding hydrogens is 230 g/mol. The Morgan fingerprint density at radius 2 is 2.11 bits per heavy atom. The normalized spacial score (nSPS) is 10.8. The standard InChI is InChI=1S/C13H23N3O2/c1-4-6-18-10-13-15-11(2)8-12(16-13)9-14-5-7-17-3/h8,14H,4-7,9-10H2,1-3H3. The summed E-state index contributed by atoms with van der Waals surface area (Å²) in [6.45, 7) is 7.55. The van der Waals surface area contributed by atoms with Gasteiger partial charge >= 0.3 is 0 Å². The first-order chi connectivity index (χ1) is 8.76. The van der Waals surface area contributed by atoms with Crippen molar-refractivity contribution in [2.45, 2.75) is 33.4 Å². The van der Waals surface area contributed by atoms with Gasteiger partial charge in [-0.3, -0.25) is 0 Å². The SMILES string of the molecule is CCCOCc1nc(C)cc(CNCCOC)n1. The molecule has 0 saturated carbocycles. The third-order valence-electron chi connectivity index (χ3n) is 2.32. The maximum absolute atomic E-state index is 5.46. The first kappa shape index (κ1) is 15.0. The largest absolute Gasteiger partial charge is 0.383 e. The van der Waals surface area contributed by atoms with Gasteiger partial charge in [0, 0.05) is 32.5 Å². The molecule has 0 aliphatic carbocycles. The van der Waals surface area contributed by atoms with Gasteiger partial charge in [-0.2, -0.15) is 0 Å². The van der Waals surface area contributed by atoms with Crippen molar-refractivity contribution < 1.29 is 9.47 Å². The van der Waals surface area contributed by atoms with Crippen LogP contribution in [0.1, 0.15) is 30.6 Å². The van der Waals surface area contributed by atoms with Crippen LogP contribution in [0.2, 0.25) is 0 Å². The zero-order chi connectivity index (χ0) is 13.2. The van der Waals surface area contributed by atoms with E-state index < -0.39 is 0 Å². The molecule has 5 nitrogen and oxygen atoms in total. The molecule has 0 atom stereocenters. The van der Waals surface area contributed by atoms with E-state index >= 15 is 0 Å². The number of hydrogen-bond acceptors (Lipinski definition) is 5. The number of nitrogens with zero attached hydrogens (tertiary/aromatic N) is 2. The van der Waals surface area contributed by atoms with E-state index in [1.807, 2.05) is 13.0 Å². The minimum Gasteiger partial charge on any atom is -0.383 e. The molecule has 0 spiro atoms. The second-order valence-electron chi connectivity index (χ2n) is 4.14. The van der Waals surface area contributed by atoms with Gasteiger partial charge in [0.2, 0.25) is 0 Å². The van der Waals surface area contributed by atoms with Crippen LogP contribution in [0.15, 0.2) is 6.07 Å². The van der Waals surface area contributed by atoms with Crippen LogP contribution in [0, 0.1) is 6.92 Å². The van der Waals surface area contributed by atoms with Crippen molar-refractivity contribution in [1.29, 1.82) is 0 Å². The van der Waals surface area contributed by atoms with Crippen LogP contribution in [0.5, 0.6) is 0 Å². The maximum Gasteiger partial charge on any atom is 0.154 e. The minimum absolute atomic E-state index is 0.487. The third kappa shape index (κ3) is 6.05. The molecular formula is C13H23N3O2. The number of nitrogens with one attached hydrogen (secondary N) is 1. The van der Waals surface area contributed by atoms with E-state index in [1.165, 1.54) is 0 Å². The van der Waals surface area contributed by atoms with Gasteiger partial charge in [-0.25, -0.2) is 9.97 Å². The van der Waals surface area contributed by atoms with E-state index in [0.717, 1.165) is 43.3 Å². The summed E-state index contributed by atoms with van der Waals surface area (Å²) >= 11 is 0. The summed E-state index contributed by atoms with van der Waals surface area (Å²) < 4.78 is 10.4. The van der Waals surface area contributed by atoms with Crippen LogP contribution in [-0.2, 0) is 22.6 Å². The molecule has 0 saturated heterocycles. The molecule has 0 unspecified atom stereocenters. The van der Waals surface area contributed by atoms with Gasteiger partial charge in [-0.1, -0.05) is 6.92 Å². The van der Waals surface area contributed by atoms with Crippen LogP contribution >= 0.6 is 0 Å². The molecule has 0 aromatic carbocycles. The molecule has 1 heterocycles. The highest BCUT2D eigenvalue weighted by Crippen LogP contribution is 2.02. The summed E-state index contributed by atoms with van der Waals surface area (Å²) in [5, 5.41) is 3.27. The van der Waals surface area contributed by atoms with Crippen molar-refractivity contribution >= 4 is 0 Å². The fourth-order valence-electron chi connectivity index (χ4n) is 1.55. The van der Waals surface area contributed by atoms with Crippen molar-refractivity contribution in [3.8, 4) is 0 Å². The van der Waals surface area contributed by atoms with Crippen molar-refractivity contribution in [1.82, 2.24) is 15.3 Å². The van der Waals surface area contributed by atoms with Crippen molar-refractivity contribution in [2.75, 3.05) is 26.9 Å². The summed E-state index contributed by atoms with van der Waals surface area (Å²) in [7, 11) is 1.69. The van der Waals surface area contributed by atoms with E-state index in [-0.39, 0.29) is 0 Å². The molecule has 1 N–H and O–H groups in total. The molecule has 0 bridgehead atoms. The predicted octanol–water partition coefficient (Wildman–Crippen LogP) is 1.45. The number of rotatable bonds is 9. The monoisotopic (exact) mass is 253 g/mol. The number of ether oxygens (including phenoxy) is 2. The molecule has 1 aromatic heterocycles. The topological polar surface area (TPSA) is 56.3 Å². The van der Waals surface area contributed by atoms with Gasteiger partial charge in [-0.15, -0.1) is 0 Å².